The molecule has 0 bridgehead atoms. The maximum Gasteiger partial charge on any atom is 0.226 e. The van der Waals surface area contributed by atoms with Gasteiger partial charge >= 0.3 is 0 Å². The van der Waals surface area contributed by atoms with Crippen LogP contribution in [-0.2, 0) is 9.53 Å². The second kappa shape index (κ2) is 5.14. The standard InChI is InChI=1S/C13H21N5O2/c1-20-13(7-14)5-9(6-13)12(19)18-4-2-3-10(18)11-15-8-16-17-11/h8-10H,2-7,14H2,1H3,(H,15,16,17)/t9?,10-,13?/m1/s1. The molecule has 20 heavy (non-hydrogen) atoms. The summed E-state index contributed by atoms with van der Waals surface area (Å²) < 4.78 is 5.44. The highest BCUT2D eigenvalue weighted by atomic mass is 16.5. The highest BCUT2D eigenvalue weighted by Gasteiger charge is 2.49. The molecular formula is C13H21N5O2. The van der Waals surface area contributed by atoms with E-state index in [1.807, 2.05) is 4.90 Å². The van der Waals surface area contributed by atoms with Gasteiger partial charge in [-0.2, -0.15) is 5.10 Å². The summed E-state index contributed by atoms with van der Waals surface area (Å²) in [5, 5.41) is 6.76. The molecule has 1 aromatic heterocycles. The summed E-state index contributed by atoms with van der Waals surface area (Å²) in [7, 11) is 1.67. The molecule has 1 aliphatic carbocycles. The van der Waals surface area contributed by atoms with Gasteiger partial charge in [-0.15, -0.1) is 0 Å². The summed E-state index contributed by atoms with van der Waals surface area (Å²) in [5.41, 5.74) is 5.44. The molecule has 1 atom stereocenters. The molecule has 0 unspecified atom stereocenters. The highest BCUT2D eigenvalue weighted by Crippen LogP contribution is 2.43. The number of nitrogens with two attached hydrogens (primary N) is 1. The maximum absolute atomic E-state index is 12.6. The predicted octanol–water partition coefficient (Wildman–Crippen LogP) is 0.222. The van der Waals surface area contributed by atoms with Crippen LogP contribution in [0.1, 0.15) is 37.5 Å². The van der Waals surface area contributed by atoms with Gasteiger partial charge in [0.25, 0.3) is 0 Å². The third-order valence-electron chi connectivity index (χ3n) is 4.68. The zero-order valence-corrected chi connectivity index (χ0v) is 11.7. The number of nitrogens with one attached hydrogen (secondary N) is 1. The molecule has 3 rings (SSSR count). The Bertz CT molecular complexity index is 463. The summed E-state index contributed by atoms with van der Waals surface area (Å²) in [4.78, 5) is 18.7. The molecule has 7 heteroatoms. The van der Waals surface area contributed by atoms with Gasteiger partial charge in [-0.25, -0.2) is 4.98 Å². The number of H-pyrrole nitrogens is 1. The topological polar surface area (TPSA) is 97.1 Å². The van der Waals surface area contributed by atoms with Crippen molar-refractivity contribution in [2.45, 2.75) is 37.3 Å². The van der Waals surface area contributed by atoms with Crippen LogP contribution < -0.4 is 5.73 Å². The van der Waals surface area contributed by atoms with Crippen molar-refractivity contribution in [2.24, 2.45) is 11.7 Å². The number of hydrogen-bond acceptors (Lipinski definition) is 5. The number of carbonyl (C=O) groups excluding carboxylic acids is 1. The van der Waals surface area contributed by atoms with E-state index < -0.39 is 0 Å². The first-order valence-corrected chi connectivity index (χ1v) is 7.10. The van der Waals surface area contributed by atoms with E-state index in [0.29, 0.717) is 6.54 Å². The lowest BCUT2D eigenvalue weighted by molar-refractivity contribution is -0.156. The Morgan fingerprint density at radius 1 is 1.65 bits per heavy atom. The number of aromatic nitrogens is 3. The van der Waals surface area contributed by atoms with E-state index in [9.17, 15) is 4.79 Å². The summed E-state index contributed by atoms with van der Waals surface area (Å²) in [6, 6.07) is 0.0421. The van der Waals surface area contributed by atoms with Crippen molar-refractivity contribution >= 4 is 5.91 Å². The number of methoxy groups -OCH3 is 1. The number of nitrogens with zero attached hydrogens (tertiary/aromatic N) is 3. The molecule has 2 fully saturated rings. The lowest BCUT2D eigenvalue weighted by Gasteiger charge is -2.46. The molecule has 1 aliphatic heterocycles. The second-order valence-electron chi connectivity index (χ2n) is 5.76. The lowest BCUT2D eigenvalue weighted by Crippen LogP contribution is -2.55. The van der Waals surface area contributed by atoms with E-state index in [-0.39, 0.29) is 23.5 Å². The molecule has 1 amide bonds. The SMILES string of the molecule is COC1(CN)CC(C(=O)N2CCC[C@@H]2c2ncn[nH]2)C1. The molecule has 2 aliphatic rings. The van der Waals surface area contributed by atoms with E-state index in [1.54, 1.807) is 7.11 Å². The van der Waals surface area contributed by atoms with Gasteiger partial charge in [0.15, 0.2) is 0 Å². The quantitative estimate of drug-likeness (QED) is 0.822. The van der Waals surface area contributed by atoms with Crippen LogP contribution in [0.2, 0.25) is 0 Å². The van der Waals surface area contributed by atoms with Gasteiger partial charge in [0, 0.05) is 26.1 Å². The largest absolute Gasteiger partial charge is 0.377 e. The predicted molar refractivity (Wildman–Crippen MR) is 71.6 cm³/mol. The first-order chi connectivity index (χ1) is 9.69. The third kappa shape index (κ3) is 2.10. The van der Waals surface area contributed by atoms with E-state index in [2.05, 4.69) is 15.2 Å². The summed E-state index contributed by atoms with van der Waals surface area (Å²) in [6.45, 7) is 1.27. The molecule has 1 aromatic rings. The molecule has 110 valence electrons. The van der Waals surface area contributed by atoms with Crippen LogP contribution in [0.3, 0.4) is 0 Å². The molecule has 2 heterocycles. The normalized spacial score (nSPS) is 33.2. The van der Waals surface area contributed by atoms with E-state index in [4.69, 9.17) is 10.5 Å². The number of carbonyl (C=O) groups is 1. The van der Waals surface area contributed by atoms with Crippen LogP contribution in [-0.4, -0.2) is 51.8 Å². The van der Waals surface area contributed by atoms with Crippen molar-refractivity contribution in [3.63, 3.8) is 0 Å². The number of likely N-dealkylation sites (tertiary alicyclic amines) is 1. The van der Waals surface area contributed by atoms with Crippen LogP contribution >= 0.6 is 0 Å². The van der Waals surface area contributed by atoms with Gasteiger partial charge in [0.1, 0.15) is 12.2 Å². The highest BCUT2D eigenvalue weighted by molar-refractivity contribution is 5.81. The molecule has 1 saturated heterocycles. The number of aromatic amines is 1. The summed E-state index contributed by atoms with van der Waals surface area (Å²) >= 11 is 0. The molecule has 0 aromatic carbocycles. The lowest BCUT2D eigenvalue weighted by atomic mass is 9.70. The fraction of sp³-hybridized carbons (Fsp3) is 0.769. The van der Waals surface area contributed by atoms with Crippen LogP contribution in [0.25, 0.3) is 0 Å². The number of ether oxygens (including phenoxy) is 1. The fourth-order valence-corrected chi connectivity index (χ4v) is 3.35. The van der Waals surface area contributed by atoms with Crippen molar-refractivity contribution < 1.29 is 9.53 Å². The van der Waals surface area contributed by atoms with E-state index in [1.165, 1.54) is 6.33 Å². The summed E-state index contributed by atoms with van der Waals surface area (Å²) in [6.07, 6.45) is 4.89. The second-order valence-corrected chi connectivity index (χ2v) is 5.76. The van der Waals surface area contributed by atoms with Gasteiger partial charge in [-0.1, -0.05) is 0 Å². The van der Waals surface area contributed by atoms with Crippen LogP contribution in [0.15, 0.2) is 6.33 Å². The first-order valence-electron chi connectivity index (χ1n) is 7.10. The molecule has 0 radical (unpaired) electrons. The zero-order chi connectivity index (χ0) is 14.2. The Morgan fingerprint density at radius 3 is 3.05 bits per heavy atom. The minimum atomic E-state index is -0.290. The number of amides is 1. The molecule has 1 saturated carbocycles. The average molecular weight is 279 g/mol. The Labute approximate surface area is 117 Å². The first kappa shape index (κ1) is 13.5. The van der Waals surface area contributed by atoms with Crippen LogP contribution in [0, 0.1) is 5.92 Å². The van der Waals surface area contributed by atoms with Crippen LogP contribution in [0.4, 0.5) is 0 Å². The van der Waals surface area contributed by atoms with Crippen molar-refractivity contribution in [1.82, 2.24) is 20.1 Å². The number of hydrogen-bond donors (Lipinski definition) is 2. The Morgan fingerprint density at radius 2 is 2.45 bits per heavy atom. The number of rotatable bonds is 4. The minimum Gasteiger partial charge on any atom is -0.377 e. The van der Waals surface area contributed by atoms with Gasteiger partial charge in [0.05, 0.1) is 11.6 Å². The smallest absolute Gasteiger partial charge is 0.226 e. The van der Waals surface area contributed by atoms with Gasteiger partial charge in [0.2, 0.25) is 5.91 Å². The van der Waals surface area contributed by atoms with Crippen LogP contribution in [0.5, 0.6) is 0 Å². The Kier molecular flexibility index (Phi) is 3.47. The zero-order valence-electron chi connectivity index (χ0n) is 11.7. The molecule has 3 N–H and O–H groups in total. The minimum absolute atomic E-state index is 0.0296. The molecule has 0 spiro atoms. The van der Waals surface area contributed by atoms with E-state index in [0.717, 1.165) is 38.1 Å². The third-order valence-corrected chi connectivity index (χ3v) is 4.68. The summed E-state index contributed by atoms with van der Waals surface area (Å²) in [5.74, 6) is 1.01. The van der Waals surface area contributed by atoms with Gasteiger partial charge < -0.3 is 15.4 Å². The Hall–Kier alpha value is -1.47. The Balaban J connectivity index is 1.66. The van der Waals surface area contributed by atoms with Crippen molar-refractivity contribution in [1.29, 1.82) is 0 Å². The van der Waals surface area contributed by atoms with Crippen molar-refractivity contribution in [2.75, 3.05) is 20.2 Å². The fourth-order valence-electron chi connectivity index (χ4n) is 3.35. The van der Waals surface area contributed by atoms with E-state index >= 15 is 0 Å². The monoisotopic (exact) mass is 279 g/mol. The van der Waals surface area contributed by atoms with Crippen molar-refractivity contribution in [3.8, 4) is 0 Å². The molecular weight excluding hydrogens is 258 g/mol. The molecule has 7 nitrogen and oxygen atoms in total. The average Bonchev–Trinajstić information content (AvgIpc) is 3.09. The maximum atomic E-state index is 12.6. The van der Waals surface area contributed by atoms with Crippen molar-refractivity contribution in [3.05, 3.63) is 12.2 Å². The van der Waals surface area contributed by atoms with Gasteiger partial charge in [-0.3, -0.25) is 9.89 Å². The van der Waals surface area contributed by atoms with Gasteiger partial charge in [-0.05, 0) is 25.7 Å².